The molecule has 23 heavy (non-hydrogen) atoms. The number of hydrogen-bond donors (Lipinski definition) is 2. The van der Waals surface area contributed by atoms with Crippen molar-refractivity contribution in [2.75, 3.05) is 6.61 Å². The molecule has 1 aliphatic carbocycles. The molecule has 3 aromatic rings. The van der Waals surface area contributed by atoms with E-state index in [9.17, 15) is 5.11 Å². The van der Waals surface area contributed by atoms with Crippen molar-refractivity contribution in [2.45, 2.75) is 24.8 Å². The first-order valence-electron chi connectivity index (χ1n) is 7.58. The molecular formula is C16H16N6O. The Kier molecular flexibility index (Phi) is 3.13. The van der Waals surface area contributed by atoms with Crippen LogP contribution in [0.5, 0.6) is 0 Å². The lowest BCUT2D eigenvalue weighted by Crippen LogP contribution is -2.47. The number of aliphatic hydroxyl groups is 1. The molecule has 1 saturated carbocycles. The third kappa shape index (κ3) is 2.11. The highest BCUT2D eigenvalue weighted by Gasteiger charge is 2.46. The van der Waals surface area contributed by atoms with Crippen molar-refractivity contribution in [3.8, 4) is 17.2 Å². The minimum Gasteiger partial charge on any atom is -0.396 e. The number of hydrogen-bond acceptors (Lipinski definition) is 5. The van der Waals surface area contributed by atoms with Gasteiger partial charge in [-0.2, -0.15) is 15.5 Å². The van der Waals surface area contributed by atoms with Crippen LogP contribution in [0.25, 0.3) is 22.2 Å². The summed E-state index contributed by atoms with van der Waals surface area (Å²) >= 11 is 0. The molecule has 0 unspecified atom stereocenters. The van der Waals surface area contributed by atoms with Gasteiger partial charge in [0.25, 0.3) is 0 Å². The molecule has 7 nitrogen and oxygen atoms in total. The highest BCUT2D eigenvalue weighted by atomic mass is 16.3. The normalized spacial score (nSPS) is 23.6. The standard InChI is InChI=1S/C16H16N6O/c17-3-2-16(5-11(6-16)10-23)22-9-12(7-20-22)14-8-19-21-15-13(14)1-4-18-15/h1,4,7-9,11,23H,2,5-6,10H2,(H,18,21). The summed E-state index contributed by atoms with van der Waals surface area (Å²) in [7, 11) is 0. The monoisotopic (exact) mass is 308 g/mol. The Labute approximate surface area is 132 Å². The van der Waals surface area contributed by atoms with Gasteiger partial charge in [-0.1, -0.05) is 0 Å². The third-order valence-electron chi connectivity index (χ3n) is 4.74. The second-order valence-corrected chi connectivity index (χ2v) is 6.19. The SMILES string of the molecule is N#CCC1(n2cc(-c3cnnc4[nH]ccc34)cn2)CC(CO)C1. The predicted octanol–water partition coefficient (Wildman–Crippen LogP) is 1.83. The van der Waals surface area contributed by atoms with Crippen molar-refractivity contribution in [3.05, 3.63) is 30.9 Å². The van der Waals surface area contributed by atoms with Crippen molar-refractivity contribution >= 4 is 11.0 Å². The van der Waals surface area contributed by atoms with E-state index in [4.69, 9.17) is 5.26 Å². The van der Waals surface area contributed by atoms with Crippen molar-refractivity contribution in [2.24, 2.45) is 5.92 Å². The fourth-order valence-electron chi connectivity index (χ4n) is 3.53. The van der Waals surface area contributed by atoms with E-state index in [0.717, 1.165) is 35.0 Å². The van der Waals surface area contributed by atoms with Crippen molar-refractivity contribution < 1.29 is 5.11 Å². The van der Waals surface area contributed by atoms with E-state index < -0.39 is 0 Å². The minimum absolute atomic E-state index is 0.166. The maximum absolute atomic E-state index is 9.28. The molecule has 0 aromatic carbocycles. The van der Waals surface area contributed by atoms with Gasteiger partial charge in [0.15, 0.2) is 5.65 Å². The Bertz CT molecular complexity index is 883. The Balaban J connectivity index is 1.72. The van der Waals surface area contributed by atoms with Crippen LogP contribution in [-0.2, 0) is 5.54 Å². The number of aliphatic hydroxyl groups excluding tert-OH is 1. The Hall–Kier alpha value is -2.72. The van der Waals surface area contributed by atoms with E-state index in [2.05, 4.69) is 26.3 Å². The van der Waals surface area contributed by atoms with Crippen LogP contribution in [0, 0.1) is 17.2 Å². The van der Waals surface area contributed by atoms with Gasteiger partial charge in [0, 0.05) is 35.5 Å². The number of H-pyrrole nitrogens is 1. The van der Waals surface area contributed by atoms with Gasteiger partial charge < -0.3 is 10.1 Å². The lowest BCUT2D eigenvalue weighted by Gasteiger charge is -2.46. The van der Waals surface area contributed by atoms with Crippen LogP contribution in [0.1, 0.15) is 19.3 Å². The molecule has 0 radical (unpaired) electrons. The number of fused-ring (bicyclic) bond motifs is 1. The summed E-state index contributed by atoms with van der Waals surface area (Å²) in [5, 5.41) is 32.0. The fourth-order valence-corrected chi connectivity index (χ4v) is 3.53. The average Bonchev–Trinajstić information content (AvgIpc) is 3.18. The molecule has 3 heterocycles. The second-order valence-electron chi connectivity index (χ2n) is 6.19. The van der Waals surface area contributed by atoms with Gasteiger partial charge in [0.1, 0.15) is 0 Å². The minimum atomic E-state index is -0.294. The van der Waals surface area contributed by atoms with Crippen LogP contribution in [-0.4, -0.2) is 36.7 Å². The molecule has 0 spiro atoms. The lowest BCUT2D eigenvalue weighted by atomic mass is 9.67. The molecule has 0 atom stereocenters. The molecule has 0 bridgehead atoms. The fraction of sp³-hybridized carbons (Fsp3) is 0.375. The van der Waals surface area contributed by atoms with Crippen LogP contribution < -0.4 is 0 Å². The highest BCUT2D eigenvalue weighted by molar-refractivity contribution is 5.91. The number of nitrogens with one attached hydrogen (secondary N) is 1. The lowest BCUT2D eigenvalue weighted by molar-refractivity contribution is 0.0203. The number of rotatable bonds is 4. The van der Waals surface area contributed by atoms with E-state index in [-0.39, 0.29) is 18.1 Å². The first-order chi connectivity index (χ1) is 11.3. The molecule has 0 amide bonds. The Morgan fingerprint density at radius 1 is 1.43 bits per heavy atom. The first-order valence-corrected chi connectivity index (χ1v) is 7.58. The van der Waals surface area contributed by atoms with Crippen molar-refractivity contribution in [1.82, 2.24) is 25.0 Å². The molecule has 3 aromatic heterocycles. The predicted molar refractivity (Wildman–Crippen MR) is 83.1 cm³/mol. The van der Waals surface area contributed by atoms with Crippen molar-refractivity contribution in [1.29, 1.82) is 5.26 Å². The largest absolute Gasteiger partial charge is 0.396 e. The van der Waals surface area contributed by atoms with Gasteiger partial charge in [0.2, 0.25) is 0 Å². The van der Waals surface area contributed by atoms with E-state index in [1.54, 1.807) is 12.4 Å². The van der Waals surface area contributed by atoms with Gasteiger partial charge in [-0.15, -0.1) is 5.10 Å². The molecule has 0 aliphatic heterocycles. The van der Waals surface area contributed by atoms with E-state index in [1.165, 1.54) is 0 Å². The number of aromatic nitrogens is 5. The summed E-state index contributed by atoms with van der Waals surface area (Å²) in [6.45, 7) is 0.166. The molecule has 4 rings (SSSR count). The van der Waals surface area contributed by atoms with Gasteiger partial charge in [-0.05, 0) is 24.8 Å². The summed E-state index contributed by atoms with van der Waals surface area (Å²) in [6.07, 6.45) is 9.30. The zero-order valence-electron chi connectivity index (χ0n) is 12.5. The summed E-state index contributed by atoms with van der Waals surface area (Å²) in [4.78, 5) is 3.05. The number of nitriles is 1. The quantitative estimate of drug-likeness (QED) is 0.765. The molecule has 7 heteroatoms. The zero-order chi connectivity index (χ0) is 15.9. The van der Waals surface area contributed by atoms with Gasteiger partial charge in [0.05, 0.1) is 30.4 Å². The Morgan fingerprint density at radius 2 is 2.30 bits per heavy atom. The van der Waals surface area contributed by atoms with Gasteiger partial charge >= 0.3 is 0 Å². The summed E-state index contributed by atoms with van der Waals surface area (Å²) in [5.41, 5.74) is 2.37. The van der Waals surface area contributed by atoms with Gasteiger partial charge in [-0.3, -0.25) is 4.68 Å². The Morgan fingerprint density at radius 3 is 3.09 bits per heavy atom. The van der Waals surface area contributed by atoms with Crippen LogP contribution in [0.4, 0.5) is 0 Å². The van der Waals surface area contributed by atoms with Crippen LogP contribution in [0.2, 0.25) is 0 Å². The topological polar surface area (TPSA) is 103 Å². The molecule has 116 valence electrons. The molecular weight excluding hydrogens is 292 g/mol. The average molecular weight is 308 g/mol. The number of nitrogens with zero attached hydrogens (tertiary/aromatic N) is 5. The molecule has 0 saturated heterocycles. The smallest absolute Gasteiger partial charge is 0.160 e. The zero-order valence-corrected chi connectivity index (χ0v) is 12.5. The van der Waals surface area contributed by atoms with E-state index in [1.807, 2.05) is 23.1 Å². The molecule has 1 aliphatic rings. The van der Waals surface area contributed by atoms with Crippen molar-refractivity contribution in [3.63, 3.8) is 0 Å². The third-order valence-corrected chi connectivity index (χ3v) is 4.74. The van der Waals surface area contributed by atoms with E-state index in [0.29, 0.717) is 6.42 Å². The maximum atomic E-state index is 9.28. The summed E-state index contributed by atoms with van der Waals surface area (Å²) < 4.78 is 1.89. The molecule has 2 N–H and O–H groups in total. The summed E-state index contributed by atoms with van der Waals surface area (Å²) in [6, 6.07) is 4.22. The van der Waals surface area contributed by atoms with Gasteiger partial charge in [-0.25, -0.2) is 0 Å². The number of aromatic amines is 1. The second kappa shape index (κ2) is 5.18. The van der Waals surface area contributed by atoms with Crippen LogP contribution in [0.3, 0.4) is 0 Å². The summed E-state index contributed by atoms with van der Waals surface area (Å²) in [5.74, 6) is 0.259. The highest BCUT2D eigenvalue weighted by Crippen LogP contribution is 2.46. The van der Waals surface area contributed by atoms with E-state index >= 15 is 0 Å². The first kappa shape index (κ1) is 13.9. The van der Waals surface area contributed by atoms with Crippen LogP contribution >= 0.6 is 0 Å². The van der Waals surface area contributed by atoms with Crippen LogP contribution in [0.15, 0.2) is 30.9 Å². The molecule has 1 fully saturated rings. The maximum Gasteiger partial charge on any atom is 0.160 e.